The maximum atomic E-state index is 11.1. The maximum absolute atomic E-state index is 11.1. The minimum Gasteiger partial charge on any atom is -0.342 e. The van der Waals surface area contributed by atoms with Gasteiger partial charge in [-0.25, -0.2) is 4.79 Å². The predicted octanol–water partition coefficient (Wildman–Crippen LogP) is 0.531. The van der Waals surface area contributed by atoms with E-state index in [1.807, 2.05) is 6.55 Å². The number of allylic oxidation sites excluding steroid dienone is 1. The molecule has 2 amide bonds. The SMILES string of the molecule is C=C(C)C(=O)CCNC(=O)NC[Si]C. The van der Waals surface area contributed by atoms with Gasteiger partial charge in [0.15, 0.2) is 5.78 Å². The summed E-state index contributed by atoms with van der Waals surface area (Å²) in [5.41, 5.74) is 0.530. The molecule has 0 rings (SSSR count). The van der Waals surface area contributed by atoms with Crippen LogP contribution in [0.4, 0.5) is 4.79 Å². The highest BCUT2D eigenvalue weighted by Gasteiger charge is 2.03. The molecule has 0 saturated carbocycles. The van der Waals surface area contributed by atoms with E-state index in [1.165, 1.54) is 0 Å². The van der Waals surface area contributed by atoms with Crippen LogP contribution in [0.2, 0.25) is 6.55 Å². The van der Waals surface area contributed by atoms with E-state index in [1.54, 1.807) is 6.92 Å². The third-order valence-electron chi connectivity index (χ3n) is 1.54. The van der Waals surface area contributed by atoms with Gasteiger partial charge in [-0.3, -0.25) is 4.79 Å². The molecule has 0 fully saturated rings. The van der Waals surface area contributed by atoms with E-state index in [0.717, 1.165) is 0 Å². The number of Topliss-reactive ketones (excluding diaryl/α,β-unsaturated/α-hetero) is 1. The summed E-state index contributed by atoms with van der Waals surface area (Å²) in [5.74, 6) is -0.0114. The lowest BCUT2D eigenvalue weighted by molar-refractivity contribution is -0.115. The van der Waals surface area contributed by atoms with Crippen molar-refractivity contribution in [1.82, 2.24) is 10.6 Å². The molecule has 0 saturated heterocycles. The van der Waals surface area contributed by atoms with Crippen LogP contribution < -0.4 is 10.6 Å². The van der Waals surface area contributed by atoms with Crippen molar-refractivity contribution >= 4 is 21.3 Å². The molecule has 4 nitrogen and oxygen atoms in total. The van der Waals surface area contributed by atoms with Crippen molar-refractivity contribution in [2.45, 2.75) is 19.9 Å². The average molecular weight is 212 g/mol. The van der Waals surface area contributed by atoms with Crippen molar-refractivity contribution < 1.29 is 9.59 Å². The molecular formula is C9H16N2O2Si. The van der Waals surface area contributed by atoms with E-state index in [4.69, 9.17) is 0 Å². The first-order valence-corrected chi connectivity index (χ1v) is 6.13. The number of hydrogen-bond acceptors (Lipinski definition) is 2. The second-order valence-electron chi connectivity index (χ2n) is 2.92. The standard InChI is InChI=1S/C9H16N2O2Si/c1-7(2)8(12)4-5-10-9(13)11-6-14-3/h1,4-6H2,2-3H3,(H2,10,11,13). The molecule has 0 aromatic carbocycles. The van der Waals surface area contributed by atoms with Crippen LogP contribution in [0.15, 0.2) is 12.2 Å². The molecule has 2 N–H and O–H groups in total. The van der Waals surface area contributed by atoms with E-state index < -0.39 is 0 Å². The largest absolute Gasteiger partial charge is 0.342 e. The Hall–Kier alpha value is -1.10. The van der Waals surface area contributed by atoms with Gasteiger partial charge in [-0.1, -0.05) is 13.1 Å². The highest BCUT2D eigenvalue weighted by Crippen LogP contribution is 1.93. The summed E-state index contributed by atoms with van der Waals surface area (Å²) in [6.45, 7) is 7.56. The maximum Gasteiger partial charge on any atom is 0.314 e. The molecule has 0 aliphatic heterocycles. The van der Waals surface area contributed by atoms with Crippen LogP contribution in [0.1, 0.15) is 13.3 Å². The first kappa shape index (κ1) is 12.9. The number of urea groups is 1. The molecule has 78 valence electrons. The zero-order chi connectivity index (χ0) is 11.0. The summed E-state index contributed by atoms with van der Waals surface area (Å²) < 4.78 is 0. The minimum absolute atomic E-state index is 0.0114. The summed E-state index contributed by atoms with van der Waals surface area (Å²) in [6, 6.07) is -0.214. The van der Waals surface area contributed by atoms with Crippen LogP contribution in [0.25, 0.3) is 0 Å². The Morgan fingerprint density at radius 3 is 2.50 bits per heavy atom. The highest BCUT2D eigenvalue weighted by molar-refractivity contribution is 6.34. The van der Waals surface area contributed by atoms with Gasteiger partial charge in [0.2, 0.25) is 0 Å². The van der Waals surface area contributed by atoms with Crippen molar-refractivity contribution in [2.24, 2.45) is 0 Å². The second-order valence-corrected chi connectivity index (χ2v) is 3.98. The molecular weight excluding hydrogens is 196 g/mol. The monoisotopic (exact) mass is 212 g/mol. The molecule has 0 spiro atoms. The Bertz CT molecular complexity index is 229. The van der Waals surface area contributed by atoms with Gasteiger partial charge < -0.3 is 10.6 Å². The van der Waals surface area contributed by atoms with Crippen LogP contribution in [-0.4, -0.2) is 34.0 Å². The molecule has 0 aliphatic rings. The molecule has 0 bridgehead atoms. The molecule has 5 heteroatoms. The first-order valence-electron chi connectivity index (χ1n) is 4.43. The smallest absolute Gasteiger partial charge is 0.314 e. The van der Waals surface area contributed by atoms with Gasteiger partial charge in [0.25, 0.3) is 0 Å². The Labute approximate surface area is 87.0 Å². The van der Waals surface area contributed by atoms with Crippen molar-refractivity contribution in [3.05, 3.63) is 12.2 Å². The van der Waals surface area contributed by atoms with E-state index in [9.17, 15) is 9.59 Å². The molecule has 14 heavy (non-hydrogen) atoms. The number of ketones is 1. The van der Waals surface area contributed by atoms with Gasteiger partial charge in [0.05, 0.1) is 9.52 Å². The lowest BCUT2D eigenvalue weighted by Crippen LogP contribution is -2.38. The van der Waals surface area contributed by atoms with Crippen LogP contribution >= 0.6 is 0 Å². The minimum atomic E-state index is -0.214. The summed E-state index contributed by atoms with van der Waals surface area (Å²) in [7, 11) is 0.694. The topological polar surface area (TPSA) is 58.2 Å². The number of carbonyl (C=O) groups excluding carboxylic acids is 2. The quantitative estimate of drug-likeness (QED) is 0.498. The molecule has 0 aromatic rings. The second kappa shape index (κ2) is 7.31. The fraction of sp³-hybridized carbons (Fsp3) is 0.556. The van der Waals surface area contributed by atoms with Crippen molar-refractivity contribution in [3.8, 4) is 0 Å². The predicted molar refractivity (Wildman–Crippen MR) is 57.5 cm³/mol. The highest BCUT2D eigenvalue weighted by atomic mass is 28.2. The zero-order valence-electron chi connectivity index (χ0n) is 8.64. The number of rotatable bonds is 6. The van der Waals surface area contributed by atoms with Gasteiger partial charge in [-0.2, -0.15) is 0 Å². The van der Waals surface area contributed by atoms with Gasteiger partial charge in [-0.05, 0) is 12.5 Å². The summed E-state index contributed by atoms with van der Waals surface area (Å²) in [5, 5.41) is 5.26. The lowest BCUT2D eigenvalue weighted by atomic mass is 10.2. The Morgan fingerprint density at radius 1 is 1.36 bits per heavy atom. The van der Waals surface area contributed by atoms with Crippen LogP contribution in [0, 0.1) is 0 Å². The number of nitrogens with one attached hydrogen (secondary N) is 2. The fourth-order valence-electron chi connectivity index (χ4n) is 0.734. The van der Waals surface area contributed by atoms with E-state index >= 15 is 0 Å². The number of carbonyl (C=O) groups is 2. The first-order chi connectivity index (χ1) is 6.57. The van der Waals surface area contributed by atoms with Gasteiger partial charge in [0, 0.05) is 19.1 Å². The number of hydrogen-bond donors (Lipinski definition) is 2. The summed E-state index contributed by atoms with van der Waals surface area (Å²) in [6.07, 6.45) is 0.997. The van der Waals surface area contributed by atoms with Gasteiger partial charge in [-0.15, -0.1) is 0 Å². The third-order valence-corrected chi connectivity index (χ3v) is 2.07. The molecule has 0 heterocycles. The Morgan fingerprint density at radius 2 is 2.00 bits per heavy atom. The van der Waals surface area contributed by atoms with Crippen LogP contribution in [0.3, 0.4) is 0 Å². The number of amides is 2. The van der Waals surface area contributed by atoms with E-state index in [-0.39, 0.29) is 11.8 Å². The normalized spacial score (nSPS) is 9.29. The summed E-state index contributed by atoms with van der Waals surface area (Å²) >= 11 is 0. The Kier molecular flexibility index (Phi) is 6.74. The Balaban J connectivity index is 3.49. The zero-order valence-corrected chi connectivity index (χ0v) is 9.64. The van der Waals surface area contributed by atoms with Crippen LogP contribution in [0.5, 0.6) is 0 Å². The van der Waals surface area contributed by atoms with Crippen molar-refractivity contribution in [1.29, 1.82) is 0 Å². The van der Waals surface area contributed by atoms with Crippen LogP contribution in [-0.2, 0) is 4.79 Å². The summed E-state index contributed by atoms with van der Waals surface area (Å²) in [4.78, 5) is 22.1. The fourth-order valence-corrected chi connectivity index (χ4v) is 1.07. The van der Waals surface area contributed by atoms with Crippen molar-refractivity contribution in [3.63, 3.8) is 0 Å². The van der Waals surface area contributed by atoms with Crippen molar-refractivity contribution in [2.75, 3.05) is 12.7 Å². The molecule has 0 unspecified atom stereocenters. The molecule has 0 aromatic heterocycles. The molecule has 0 atom stereocenters. The van der Waals surface area contributed by atoms with Gasteiger partial charge >= 0.3 is 6.03 Å². The van der Waals surface area contributed by atoms with E-state index in [2.05, 4.69) is 17.2 Å². The van der Waals surface area contributed by atoms with Gasteiger partial charge in [0.1, 0.15) is 0 Å². The third kappa shape index (κ3) is 6.42. The van der Waals surface area contributed by atoms with E-state index in [0.29, 0.717) is 34.2 Å². The molecule has 2 radical (unpaired) electrons. The lowest BCUT2D eigenvalue weighted by Gasteiger charge is -2.05. The molecule has 0 aliphatic carbocycles. The average Bonchev–Trinajstić information content (AvgIpc) is 2.14.